The minimum absolute atomic E-state index is 0.153. The van der Waals surface area contributed by atoms with Gasteiger partial charge in [0.2, 0.25) is 11.8 Å². The zero-order valence-electron chi connectivity index (χ0n) is 20.5. The van der Waals surface area contributed by atoms with Crippen LogP contribution in [-0.2, 0) is 35.5 Å². The average Bonchev–Trinajstić information content (AvgIpc) is 3.47. The first-order chi connectivity index (χ1) is 18.0. The van der Waals surface area contributed by atoms with Crippen molar-refractivity contribution in [3.8, 4) is 11.6 Å². The standard InChI is InChI=1S/C28H28N2O7/c1-2-34-26(31)17-30-27(32)24(37-28(30)33)10-6-9-21-11-14-23(15-12-21)35-18-22-19-36-25(29-22)16-13-20-7-4-3-5-8-20/h3-5,7-8,11-16,19,32H,2,6,9-10,17-18H2,1H3. The van der Waals surface area contributed by atoms with Crippen molar-refractivity contribution in [2.45, 2.75) is 39.3 Å². The minimum atomic E-state index is -0.784. The van der Waals surface area contributed by atoms with Crippen LogP contribution >= 0.6 is 0 Å². The first kappa shape index (κ1) is 25.6. The van der Waals surface area contributed by atoms with E-state index >= 15 is 0 Å². The molecule has 0 saturated heterocycles. The fraction of sp³-hybridized carbons (Fsp3) is 0.250. The number of esters is 1. The Morgan fingerprint density at radius 3 is 2.62 bits per heavy atom. The van der Waals surface area contributed by atoms with Crippen molar-refractivity contribution in [2.24, 2.45) is 0 Å². The van der Waals surface area contributed by atoms with Crippen LogP contribution < -0.4 is 10.5 Å². The van der Waals surface area contributed by atoms with Gasteiger partial charge in [-0.15, -0.1) is 0 Å². The average molecular weight is 505 g/mol. The first-order valence-corrected chi connectivity index (χ1v) is 12.0. The zero-order valence-corrected chi connectivity index (χ0v) is 20.5. The van der Waals surface area contributed by atoms with E-state index in [1.807, 2.05) is 66.7 Å². The summed E-state index contributed by atoms with van der Waals surface area (Å²) in [6.45, 7) is 1.75. The lowest BCUT2D eigenvalue weighted by atomic mass is 10.1. The number of aryl methyl sites for hydroxylation is 2. The van der Waals surface area contributed by atoms with Crippen LogP contribution in [0.15, 0.2) is 74.5 Å². The number of hydrogen-bond donors (Lipinski definition) is 1. The van der Waals surface area contributed by atoms with Crippen LogP contribution in [-0.4, -0.2) is 27.2 Å². The van der Waals surface area contributed by atoms with Gasteiger partial charge in [0, 0.05) is 12.5 Å². The maximum atomic E-state index is 11.9. The second kappa shape index (κ2) is 12.4. The Balaban J connectivity index is 1.23. The molecule has 0 fully saturated rings. The molecule has 4 aromatic rings. The molecule has 0 aliphatic carbocycles. The van der Waals surface area contributed by atoms with Crippen LogP contribution in [0.4, 0.5) is 0 Å². The third-order valence-corrected chi connectivity index (χ3v) is 5.50. The van der Waals surface area contributed by atoms with Gasteiger partial charge in [0.05, 0.1) is 6.61 Å². The van der Waals surface area contributed by atoms with Gasteiger partial charge in [-0.05, 0) is 49.1 Å². The topological polar surface area (TPSA) is 117 Å². The van der Waals surface area contributed by atoms with E-state index in [1.165, 1.54) is 0 Å². The third-order valence-electron chi connectivity index (χ3n) is 5.50. The number of ether oxygens (including phenoxy) is 2. The number of oxazole rings is 2. The Bertz CT molecular complexity index is 1380. The fourth-order valence-corrected chi connectivity index (χ4v) is 3.64. The molecular weight excluding hydrogens is 476 g/mol. The molecule has 192 valence electrons. The fourth-order valence-electron chi connectivity index (χ4n) is 3.64. The highest BCUT2D eigenvalue weighted by Crippen LogP contribution is 2.20. The van der Waals surface area contributed by atoms with Crippen molar-refractivity contribution in [1.29, 1.82) is 0 Å². The molecule has 9 nitrogen and oxygen atoms in total. The number of nitrogens with zero attached hydrogens (tertiary/aromatic N) is 2. The van der Waals surface area contributed by atoms with E-state index in [-0.39, 0.29) is 31.4 Å². The van der Waals surface area contributed by atoms with Crippen molar-refractivity contribution in [3.63, 3.8) is 0 Å². The monoisotopic (exact) mass is 504 g/mol. The normalized spacial score (nSPS) is 11.2. The van der Waals surface area contributed by atoms with Crippen LogP contribution in [0.5, 0.6) is 11.6 Å². The summed E-state index contributed by atoms with van der Waals surface area (Å²) in [5, 5.41) is 10.2. The van der Waals surface area contributed by atoms with Gasteiger partial charge < -0.3 is 23.4 Å². The third kappa shape index (κ3) is 7.23. The predicted octanol–water partition coefficient (Wildman–Crippen LogP) is 4.62. The summed E-state index contributed by atoms with van der Waals surface area (Å²) in [5.74, 6) is -0.371. The van der Waals surface area contributed by atoms with Crippen molar-refractivity contribution in [1.82, 2.24) is 9.55 Å². The summed E-state index contributed by atoms with van der Waals surface area (Å²) in [4.78, 5) is 27.9. The van der Waals surface area contributed by atoms with E-state index in [9.17, 15) is 14.7 Å². The maximum absolute atomic E-state index is 11.9. The lowest BCUT2D eigenvalue weighted by Crippen LogP contribution is -2.21. The largest absolute Gasteiger partial charge is 0.492 e. The minimum Gasteiger partial charge on any atom is -0.492 e. The molecule has 0 aliphatic rings. The maximum Gasteiger partial charge on any atom is 0.422 e. The predicted molar refractivity (Wildman–Crippen MR) is 136 cm³/mol. The number of aromatic nitrogens is 2. The molecular formula is C28H28N2O7. The Morgan fingerprint density at radius 2 is 1.86 bits per heavy atom. The number of carbonyl (C=O) groups is 1. The highest BCUT2D eigenvalue weighted by Gasteiger charge is 2.18. The van der Waals surface area contributed by atoms with E-state index in [2.05, 4.69) is 4.98 Å². The van der Waals surface area contributed by atoms with Crippen LogP contribution in [0.25, 0.3) is 12.2 Å². The molecule has 0 saturated carbocycles. The molecule has 9 heteroatoms. The van der Waals surface area contributed by atoms with Gasteiger partial charge in [0.1, 0.15) is 30.9 Å². The lowest BCUT2D eigenvalue weighted by Gasteiger charge is -2.06. The van der Waals surface area contributed by atoms with Crippen molar-refractivity contribution < 1.29 is 28.2 Å². The Hall–Kier alpha value is -4.53. The summed E-state index contributed by atoms with van der Waals surface area (Å²) in [6.07, 6.45) is 7.01. The number of hydrogen-bond acceptors (Lipinski definition) is 8. The van der Waals surface area contributed by atoms with Gasteiger partial charge in [-0.3, -0.25) is 4.79 Å². The first-order valence-electron chi connectivity index (χ1n) is 12.0. The van der Waals surface area contributed by atoms with Crippen molar-refractivity contribution >= 4 is 18.1 Å². The Morgan fingerprint density at radius 1 is 1.08 bits per heavy atom. The van der Waals surface area contributed by atoms with Crippen LogP contribution in [0.2, 0.25) is 0 Å². The molecule has 37 heavy (non-hydrogen) atoms. The molecule has 0 radical (unpaired) electrons. The van der Waals surface area contributed by atoms with E-state index in [0.29, 0.717) is 36.6 Å². The molecule has 0 atom stereocenters. The molecule has 0 amide bonds. The summed E-state index contributed by atoms with van der Waals surface area (Å²) in [6, 6.07) is 17.6. The van der Waals surface area contributed by atoms with Gasteiger partial charge in [-0.2, -0.15) is 0 Å². The van der Waals surface area contributed by atoms with Gasteiger partial charge in [0.15, 0.2) is 5.76 Å². The van der Waals surface area contributed by atoms with E-state index in [0.717, 1.165) is 15.7 Å². The Kier molecular flexibility index (Phi) is 8.59. The van der Waals surface area contributed by atoms with E-state index < -0.39 is 11.7 Å². The van der Waals surface area contributed by atoms with Crippen molar-refractivity contribution in [3.05, 3.63) is 99.9 Å². The second-order valence-corrected chi connectivity index (χ2v) is 8.21. The number of aromatic hydroxyl groups is 1. The molecule has 2 aromatic carbocycles. The van der Waals surface area contributed by atoms with Gasteiger partial charge in [-0.1, -0.05) is 42.5 Å². The summed E-state index contributed by atoms with van der Waals surface area (Å²) >= 11 is 0. The molecule has 4 rings (SSSR count). The molecule has 2 aromatic heterocycles. The lowest BCUT2D eigenvalue weighted by molar-refractivity contribution is -0.144. The Labute approximate surface area is 213 Å². The van der Waals surface area contributed by atoms with E-state index in [4.69, 9.17) is 18.3 Å². The van der Waals surface area contributed by atoms with E-state index in [1.54, 1.807) is 13.2 Å². The molecule has 0 spiro atoms. The molecule has 0 bridgehead atoms. The number of rotatable bonds is 12. The molecule has 0 unspecified atom stereocenters. The molecule has 1 N–H and O–H groups in total. The van der Waals surface area contributed by atoms with Crippen molar-refractivity contribution in [2.75, 3.05) is 6.61 Å². The van der Waals surface area contributed by atoms with Gasteiger partial charge >= 0.3 is 11.7 Å². The molecule has 0 aliphatic heterocycles. The quantitative estimate of drug-likeness (QED) is 0.278. The highest BCUT2D eigenvalue weighted by molar-refractivity contribution is 5.69. The second-order valence-electron chi connectivity index (χ2n) is 8.21. The SMILES string of the molecule is CCOC(=O)Cn1c(O)c(CCCc2ccc(OCc3coc(C=Cc4ccccc4)n3)cc2)oc1=O. The zero-order chi connectivity index (χ0) is 26.0. The molecule has 2 heterocycles. The smallest absolute Gasteiger partial charge is 0.422 e. The van der Waals surface area contributed by atoms with Crippen LogP contribution in [0, 0.1) is 0 Å². The number of carbonyl (C=O) groups excluding carboxylic acids is 1. The number of benzene rings is 2. The van der Waals surface area contributed by atoms with Crippen LogP contribution in [0.3, 0.4) is 0 Å². The summed E-state index contributed by atoms with van der Waals surface area (Å²) in [7, 11) is 0. The van der Waals surface area contributed by atoms with Gasteiger partial charge in [-0.25, -0.2) is 14.3 Å². The summed E-state index contributed by atoms with van der Waals surface area (Å²) < 4.78 is 22.1. The van der Waals surface area contributed by atoms with Gasteiger partial charge in [0.25, 0.3) is 0 Å². The van der Waals surface area contributed by atoms with Crippen LogP contribution in [0.1, 0.15) is 41.8 Å². The highest BCUT2D eigenvalue weighted by atomic mass is 16.5. The summed E-state index contributed by atoms with van der Waals surface area (Å²) in [5.41, 5.74) is 2.82.